The van der Waals surface area contributed by atoms with Gasteiger partial charge in [-0.2, -0.15) is 9.03 Å². The molecule has 0 radical (unpaired) electrons. The third-order valence-corrected chi connectivity index (χ3v) is 8.75. The molecule has 192 valence electrons. The second kappa shape index (κ2) is 11.5. The molecule has 0 saturated carbocycles. The second-order valence-corrected chi connectivity index (χ2v) is 12.4. The van der Waals surface area contributed by atoms with Gasteiger partial charge in [-0.15, -0.1) is 0 Å². The molecule has 0 bridgehead atoms. The van der Waals surface area contributed by atoms with Crippen molar-refractivity contribution < 1.29 is 26.7 Å². The van der Waals surface area contributed by atoms with Gasteiger partial charge in [0, 0.05) is 25.5 Å². The fourth-order valence-electron chi connectivity index (χ4n) is 3.84. The van der Waals surface area contributed by atoms with E-state index in [0.717, 1.165) is 4.31 Å². The van der Waals surface area contributed by atoms with Crippen molar-refractivity contribution in [3.8, 4) is 0 Å². The number of nitrogens with zero attached hydrogens (tertiary/aromatic N) is 3. The van der Waals surface area contributed by atoms with E-state index in [1.807, 2.05) is 13.8 Å². The van der Waals surface area contributed by atoms with Gasteiger partial charge in [-0.1, -0.05) is 26.0 Å². The zero-order valence-electron chi connectivity index (χ0n) is 19.6. The molecule has 13 heteroatoms. The van der Waals surface area contributed by atoms with Crippen LogP contribution in [0.25, 0.3) is 0 Å². The van der Waals surface area contributed by atoms with Gasteiger partial charge in [0.1, 0.15) is 6.04 Å². The summed E-state index contributed by atoms with van der Waals surface area (Å²) in [5.74, 6) is -0.599. The Morgan fingerprint density at radius 1 is 1.09 bits per heavy atom. The van der Waals surface area contributed by atoms with E-state index in [9.17, 15) is 26.7 Å². The molecule has 2 unspecified atom stereocenters. The molecule has 0 aliphatic carbocycles. The second-order valence-electron chi connectivity index (χ2n) is 8.83. The van der Waals surface area contributed by atoms with E-state index in [2.05, 4.69) is 20.0 Å². The van der Waals surface area contributed by atoms with Crippen molar-refractivity contribution in [3.63, 3.8) is 0 Å². The number of aromatic nitrogens is 2. The highest BCUT2D eigenvalue weighted by Gasteiger charge is 2.35. The third-order valence-electron chi connectivity index (χ3n) is 5.58. The van der Waals surface area contributed by atoms with E-state index >= 15 is 0 Å². The Kier molecular flexibility index (Phi) is 8.94. The van der Waals surface area contributed by atoms with Gasteiger partial charge in [0.15, 0.2) is 10.1 Å². The number of pyridine rings is 2. The van der Waals surface area contributed by atoms with Crippen LogP contribution in [-0.4, -0.2) is 73.4 Å². The van der Waals surface area contributed by atoms with Crippen LogP contribution >= 0.6 is 0 Å². The van der Waals surface area contributed by atoms with Gasteiger partial charge < -0.3 is 10.4 Å². The number of rotatable bonds is 9. The predicted octanol–water partition coefficient (Wildman–Crippen LogP) is 0.500. The summed E-state index contributed by atoms with van der Waals surface area (Å²) < 4.78 is 54.9. The Morgan fingerprint density at radius 2 is 1.71 bits per heavy atom. The molecule has 3 heterocycles. The first-order chi connectivity index (χ1) is 16.5. The van der Waals surface area contributed by atoms with Crippen LogP contribution in [0.15, 0.2) is 58.8 Å². The number of nitrogens with one attached hydrogen (secondary N) is 2. The normalized spacial score (nSPS) is 20.8. The lowest BCUT2D eigenvalue weighted by Gasteiger charge is -2.27. The molecule has 3 N–H and O–H groups in total. The average Bonchev–Trinajstić information content (AvgIpc) is 3.01. The maximum absolute atomic E-state index is 13.1. The van der Waals surface area contributed by atoms with Crippen LogP contribution in [0.4, 0.5) is 0 Å². The van der Waals surface area contributed by atoms with Crippen molar-refractivity contribution in [2.75, 3.05) is 13.1 Å². The Morgan fingerprint density at radius 3 is 2.29 bits per heavy atom. The van der Waals surface area contributed by atoms with Crippen molar-refractivity contribution in [1.82, 2.24) is 24.3 Å². The minimum absolute atomic E-state index is 0.00440. The van der Waals surface area contributed by atoms with Gasteiger partial charge in [-0.3, -0.25) is 4.79 Å². The van der Waals surface area contributed by atoms with E-state index in [1.54, 1.807) is 18.2 Å². The van der Waals surface area contributed by atoms with Gasteiger partial charge in [0.05, 0.1) is 12.1 Å². The number of carbonyl (C=O) groups excluding carboxylic acids is 1. The number of carbonyl (C=O) groups is 1. The monoisotopic (exact) mass is 525 g/mol. The van der Waals surface area contributed by atoms with Gasteiger partial charge in [-0.25, -0.2) is 26.8 Å². The molecule has 1 fully saturated rings. The molecule has 0 spiro atoms. The molecule has 3 atom stereocenters. The number of aliphatic hydroxyl groups is 1. The first-order valence-electron chi connectivity index (χ1n) is 11.3. The van der Waals surface area contributed by atoms with E-state index < -0.39 is 44.1 Å². The highest BCUT2D eigenvalue weighted by molar-refractivity contribution is 7.89. The lowest BCUT2D eigenvalue weighted by Crippen LogP contribution is -2.54. The Hall–Kier alpha value is -2.45. The standard InChI is InChI=1S/C22H31N5O6S2/c1-16(2)14-18(26-34(30,31)20-9-3-5-11-23-20)22(29)25-17-8-7-13-27(15-19(17)28)35(32,33)21-10-4-6-12-24-21/h3-6,9-12,16-19,26,28H,7-8,13-15H2,1-2H3,(H,25,29)/t17?,18-,19?/m0/s1. The molecule has 1 aliphatic heterocycles. The molecule has 2 aromatic rings. The Bertz CT molecular complexity index is 1190. The minimum atomic E-state index is -4.05. The van der Waals surface area contributed by atoms with Crippen LogP contribution in [-0.2, 0) is 24.8 Å². The van der Waals surface area contributed by atoms with E-state index in [1.165, 1.54) is 30.6 Å². The first kappa shape index (κ1) is 27.1. The van der Waals surface area contributed by atoms with Crippen molar-refractivity contribution in [1.29, 1.82) is 0 Å². The highest BCUT2D eigenvalue weighted by atomic mass is 32.2. The van der Waals surface area contributed by atoms with Crippen molar-refractivity contribution in [2.24, 2.45) is 5.92 Å². The van der Waals surface area contributed by atoms with Gasteiger partial charge in [0.25, 0.3) is 20.0 Å². The molecule has 0 aromatic carbocycles. The predicted molar refractivity (Wildman–Crippen MR) is 128 cm³/mol. The summed E-state index contributed by atoms with van der Waals surface area (Å²) in [4.78, 5) is 20.9. The molecule has 35 heavy (non-hydrogen) atoms. The molecule has 1 saturated heterocycles. The molecule has 2 aromatic heterocycles. The smallest absolute Gasteiger partial charge is 0.260 e. The zero-order valence-corrected chi connectivity index (χ0v) is 21.2. The number of sulfonamides is 2. The van der Waals surface area contributed by atoms with Gasteiger partial charge in [0.2, 0.25) is 5.91 Å². The number of hydrogen-bond acceptors (Lipinski definition) is 8. The first-order valence-corrected chi connectivity index (χ1v) is 14.3. The van der Waals surface area contributed by atoms with E-state index in [-0.39, 0.29) is 35.5 Å². The molecular formula is C22H31N5O6S2. The number of hydrogen-bond donors (Lipinski definition) is 3. The number of β-amino-alcohol motifs (C(OH)–C–C–N with tert-alkyl or cyclic N) is 1. The average molecular weight is 526 g/mol. The highest BCUT2D eigenvalue weighted by Crippen LogP contribution is 2.20. The van der Waals surface area contributed by atoms with Crippen LogP contribution in [0, 0.1) is 5.92 Å². The van der Waals surface area contributed by atoms with E-state index in [4.69, 9.17) is 0 Å². The third kappa shape index (κ3) is 7.04. The molecule has 3 rings (SSSR count). The lowest BCUT2D eigenvalue weighted by atomic mass is 10.0. The van der Waals surface area contributed by atoms with Crippen LogP contribution < -0.4 is 10.0 Å². The van der Waals surface area contributed by atoms with Crippen molar-refractivity contribution in [3.05, 3.63) is 48.8 Å². The summed E-state index contributed by atoms with van der Waals surface area (Å²) in [6.07, 6.45) is 2.47. The zero-order chi connectivity index (χ0) is 25.6. The van der Waals surface area contributed by atoms with Crippen LogP contribution in [0.5, 0.6) is 0 Å². The number of aliphatic hydroxyl groups excluding tert-OH is 1. The van der Waals surface area contributed by atoms with Crippen molar-refractivity contribution in [2.45, 2.75) is 61.3 Å². The largest absolute Gasteiger partial charge is 0.390 e. The Balaban J connectivity index is 1.72. The molecule has 11 nitrogen and oxygen atoms in total. The molecule has 1 aliphatic rings. The topological polar surface area (TPSA) is 159 Å². The van der Waals surface area contributed by atoms with Crippen molar-refractivity contribution >= 4 is 26.0 Å². The van der Waals surface area contributed by atoms with Crippen LogP contribution in [0.1, 0.15) is 33.1 Å². The summed E-state index contributed by atoms with van der Waals surface area (Å²) in [6, 6.07) is 7.17. The maximum Gasteiger partial charge on any atom is 0.260 e. The van der Waals surface area contributed by atoms with Gasteiger partial charge >= 0.3 is 0 Å². The lowest BCUT2D eigenvalue weighted by molar-refractivity contribution is -0.124. The SMILES string of the molecule is CC(C)C[C@H](NS(=O)(=O)c1ccccn1)C(=O)NC1CCCN(S(=O)(=O)c2ccccn2)CC1O. The van der Waals surface area contributed by atoms with Gasteiger partial charge in [-0.05, 0) is 49.4 Å². The fraction of sp³-hybridized carbons (Fsp3) is 0.500. The summed E-state index contributed by atoms with van der Waals surface area (Å²) in [5, 5.41) is 13.2. The summed E-state index contributed by atoms with van der Waals surface area (Å²) in [5.41, 5.74) is 0. The van der Waals surface area contributed by atoms with Crippen LogP contribution in [0.2, 0.25) is 0 Å². The summed E-state index contributed by atoms with van der Waals surface area (Å²) in [7, 11) is -7.96. The maximum atomic E-state index is 13.1. The summed E-state index contributed by atoms with van der Waals surface area (Å²) >= 11 is 0. The molecular weight excluding hydrogens is 494 g/mol. The quantitative estimate of drug-likeness (QED) is 0.427. The van der Waals surface area contributed by atoms with E-state index in [0.29, 0.717) is 12.8 Å². The summed E-state index contributed by atoms with van der Waals surface area (Å²) in [6.45, 7) is 3.65. The minimum Gasteiger partial charge on any atom is -0.390 e. The fourth-order valence-corrected chi connectivity index (χ4v) is 6.43. The number of amides is 1. The molecule has 1 amide bonds. The Labute approximate surface area is 206 Å². The van der Waals surface area contributed by atoms with Crippen LogP contribution in [0.3, 0.4) is 0 Å².